The van der Waals surface area contributed by atoms with Gasteiger partial charge in [-0.2, -0.15) is 0 Å². The number of hydrogen-bond donors (Lipinski definition) is 1. The summed E-state index contributed by atoms with van der Waals surface area (Å²) in [5.41, 5.74) is 1.20. The van der Waals surface area contributed by atoms with Gasteiger partial charge in [-0.05, 0) is 94.3 Å². The number of aliphatic imine (C=N–C) groups is 1. The average Bonchev–Trinajstić information content (AvgIpc) is 3.44. The van der Waals surface area contributed by atoms with Crippen LogP contribution in [0.5, 0.6) is 5.75 Å². The predicted molar refractivity (Wildman–Crippen MR) is 202 cm³/mol. The molecule has 276 valence electrons. The Labute approximate surface area is 311 Å². The summed E-state index contributed by atoms with van der Waals surface area (Å²) in [4.78, 5) is 25.7. The molecule has 2 atom stereocenters. The van der Waals surface area contributed by atoms with Gasteiger partial charge in [0.2, 0.25) is 10.0 Å². The number of urea groups is 1. The summed E-state index contributed by atoms with van der Waals surface area (Å²) in [6, 6.07) is 17.6. The lowest BCUT2D eigenvalue weighted by Crippen LogP contribution is -2.54. The van der Waals surface area contributed by atoms with Gasteiger partial charge in [-0.15, -0.1) is 0 Å². The van der Waals surface area contributed by atoms with Gasteiger partial charge in [0.1, 0.15) is 27.5 Å². The second-order valence-corrected chi connectivity index (χ2v) is 18.7. The van der Waals surface area contributed by atoms with E-state index in [1.807, 2.05) is 31.2 Å². The first-order chi connectivity index (χ1) is 24.0. The van der Waals surface area contributed by atoms with Crippen LogP contribution in [0.1, 0.15) is 62.9 Å². The summed E-state index contributed by atoms with van der Waals surface area (Å²) in [6.45, 7) is 9.98. The summed E-state index contributed by atoms with van der Waals surface area (Å²) in [6.07, 6.45) is 1.75. The van der Waals surface area contributed by atoms with Crippen LogP contribution in [0, 0.1) is 0 Å². The largest absolute Gasteiger partial charge is 0.493 e. The maximum absolute atomic E-state index is 14.9. The van der Waals surface area contributed by atoms with Crippen molar-refractivity contribution in [1.29, 1.82) is 0 Å². The topological polar surface area (TPSA) is 129 Å². The fraction of sp³-hybridized carbons (Fsp3) is 0.444. The molecule has 0 unspecified atom stereocenters. The Balaban J connectivity index is 1.62. The second-order valence-electron chi connectivity index (χ2n) is 13.9. The van der Waals surface area contributed by atoms with Crippen LogP contribution in [-0.2, 0) is 19.9 Å². The minimum atomic E-state index is -3.97. The van der Waals surface area contributed by atoms with Crippen molar-refractivity contribution in [1.82, 2.24) is 19.4 Å². The lowest BCUT2D eigenvalue weighted by molar-refractivity contribution is 0.119. The number of sulfonamides is 1. The number of nitrogens with zero attached hydrogens (tertiary/aromatic N) is 4. The summed E-state index contributed by atoms with van der Waals surface area (Å²) >= 11 is 12.6. The molecule has 2 amide bonds. The number of ether oxygens (including phenoxy) is 1. The molecule has 1 N–H and O–H groups in total. The number of piperazine rings is 1. The standard InChI is InChI=1S/C36H45Cl2N5O6S2/c1-6-49-31-17-16-29(51(47,48)40-36(2,3)4)24-30(31)34-39-32(25-8-12-27(37)13-9-25)33(26-10-14-28(38)15-11-26)43(34)35(44)42-21-19-41(20-22-42)18-7-23-50(5,45)46/h8-17,24,32-33,40H,6-7,18-23H2,1-5H3/t32-,33+/m0/s1. The third kappa shape index (κ3) is 9.82. The number of rotatable bonds is 11. The van der Waals surface area contributed by atoms with Crippen molar-refractivity contribution in [3.8, 4) is 5.75 Å². The quantitative estimate of drug-likeness (QED) is 0.246. The van der Waals surface area contributed by atoms with E-state index in [1.165, 1.54) is 18.4 Å². The van der Waals surface area contributed by atoms with Crippen LogP contribution in [0.3, 0.4) is 0 Å². The van der Waals surface area contributed by atoms with Gasteiger partial charge >= 0.3 is 6.03 Å². The molecule has 51 heavy (non-hydrogen) atoms. The minimum absolute atomic E-state index is 0.00618. The zero-order chi connectivity index (χ0) is 37.1. The van der Waals surface area contributed by atoms with Gasteiger partial charge in [0, 0.05) is 48.0 Å². The van der Waals surface area contributed by atoms with Crippen molar-refractivity contribution in [3.63, 3.8) is 0 Å². The van der Waals surface area contributed by atoms with Gasteiger partial charge in [0.05, 0.1) is 28.9 Å². The molecular weight excluding hydrogens is 733 g/mol. The number of sulfone groups is 1. The SMILES string of the molecule is CCOc1ccc(S(=O)(=O)NC(C)(C)C)cc1C1=N[C@@H](c2ccc(Cl)cc2)[C@@H](c2ccc(Cl)cc2)N1C(=O)N1CCN(CCCS(C)(=O)=O)CC1. The van der Waals surface area contributed by atoms with Crippen LogP contribution in [-0.4, -0.2) is 100 Å². The highest BCUT2D eigenvalue weighted by Gasteiger charge is 2.45. The summed E-state index contributed by atoms with van der Waals surface area (Å²) in [5, 5.41) is 1.09. The number of nitrogens with one attached hydrogen (secondary N) is 1. The normalized spacial score (nSPS) is 18.9. The van der Waals surface area contributed by atoms with Crippen molar-refractivity contribution in [2.75, 3.05) is 51.3 Å². The lowest BCUT2D eigenvalue weighted by atomic mass is 9.93. The number of halogens is 2. The number of amidine groups is 1. The van der Waals surface area contributed by atoms with Crippen LogP contribution >= 0.6 is 23.2 Å². The van der Waals surface area contributed by atoms with Crippen molar-refractivity contribution in [3.05, 3.63) is 93.5 Å². The molecule has 3 aromatic carbocycles. The van der Waals surface area contributed by atoms with Crippen LogP contribution in [0.15, 0.2) is 76.6 Å². The summed E-state index contributed by atoms with van der Waals surface area (Å²) in [7, 11) is -7.04. The Bertz CT molecular complexity index is 1960. The molecule has 1 saturated heterocycles. The average molecular weight is 779 g/mol. The highest BCUT2D eigenvalue weighted by Crippen LogP contribution is 2.46. The van der Waals surface area contributed by atoms with E-state index < -0.39 is 37.5 Å². The molecule has 11 nitrogen and oxygen atoms in total. The first-order valence-electron chi connectivity index (χ1n) is 16.8. The number of carbonyl (C=O) groups excluding carboxylic acids is 1. The Hall–Kier alpha value is -3.20. The molecule has 2 aliphatic rings. The molecule has 3 aromatic rings. The van der Waals surface area contributed by atoms with E-state index in [2.05, 4.69) is 9.62 Å². The number of amides is 2. The van der Waals surface area contributed by atoms with E-state index in [4.69, 9.17) is 32.9 Å². The molecule has 1 fully saturated rings. The van der Waals surface area contributed by atoms with Gasteiger partial charge in [-0.3, -0.25) is 14.8 Å². The smallest absolute Gasteiger partial charge is 0.326 e. The van der Waals surface area contributed by atoms with E-state index in [0.717, 1.165) is 11.1 Å². The summed E-state index contributed by atoms with van der Waals surface area (Å²) in [5.74, 6) is 0.759. The Kier molecular flexibility index (Phi) is 12.1. The summed E-state index contributed by atoms with van der Waals surface area (Å²) < 4.78 is 59.3. The Morgan fingerprint density at radius 3 is 2.04 bits per heavy atom. The van der Waals surface area contributed by atoms with Gasteiger partial charge < -0.3 is 9.64 Å². The first kappa shape index (κ1) is 39.0. The van der Waals surface area contributed by atoms with Crippen molar-refractivity contribution in [2.24, 2.45) is 4.99 Å². The maximum atomic E-state index is 14.9. The lowest BCUT2D eigenvalue weighted by Gasteiger charge is -2.39. The molecule has 5 rings (SSSR count). The van der Waals surface area contributed by atoms with E-state index >= 15 is 0 Å². The Morgan fingerprint density at radius 1 is 0.902 bits per heavy atom. The second kappa shape index (κ2) is 15.8. The van der Waals surface area contributed by atoms with Crippen LogP contribution < -0.4 is 9.46 Å². The monoisotopic (exact) mass is 777 g/mol. The van der Waals surface area contributed by atoms with Crippen molar-refractivity contribution < 1.29 is 26.4 Å². The zero-order valence-corrected chi connectivity index (χ0v) is 32.6. The Morgan fingerprint density at radius 2 is 1.49 bits per heavy atom. The molecular formula is C36H45Cl2N5O6S2. The van der Waals surface area contributed by atoms with E-state index in [0.29, 0.717) is 67.1 Å². The highest BCUT2D eigenvalue weighted by atomic mass is 35.5. The number of benzene rings is 3. The molecule has 0 bridgehead atoms. The molecule has 0 spiro atoms. The van der Waals surface area contributed by atoms with Crippen LogP contribution in [0.2, 0.25) is 10.0 Å². The van der Waals surface area contributed by atoms with Gasteiger partial charge in [0.15, 0.2) is 0 Å². The molecule has 0 aliphatic carbocycles. The van der Waals surface area contributed by atoms with E-state index in [-0.39, 0.29) is 22.5 Å². The van der Waals surface area contributed by atoms with Crippen LogP contribution in [0.25, 0.3) is 0 Å². The zero-order valence-electron chi connectivity index (χ0n) is 29.5. The maximum Gasteiger partial charge on any atom is 0.326 e. The fourth-order valence-electron chi connectivity index (χ4n) is 6.31. The number of carbonyl (C=O) groups is 1. The van der Waals surface area contributed by atoms with Crippen LogP contribution in [0.4, 0.5) is 4.79 Å². The van der Waals surface area contributed by atoms with Gasteiger partial charge in [-0.1, -0.05) is 47.5 Å². The van der Waals surface area contributed by atoms with E-state index in [1.54, 1.807) is 60.9 Å². The molecule has 2 heterocycles. The third-order valence-electron chi connectivity index (χ3n) is 8.57. The molecule has 0 aromatic heterocycles. The molecule has 15 heteroatoms. The van der Waals surface area contributed by atoms with Gasteiger partial charge in [-0.25, -0.2) is 26.4 Å². The molecule has 0 saturated carbocycles. The predicted octanol–water partition coefficient (Wildman–Crippen LogP) is 6.19. The molecule has 0 radical (unpaired) electrons. The van der Waals surface area contributed by atoms with Crippen molar-refractivity contribution >= 4 is 54.9 Å². The van der Waals surface area contributed by atoms with E-state index in [9.17, 15) is 21.6 Å². The minimum Gasteiger partial charge on any atom is -0.493 e. The first-order valence-corrected chi connectivity index (χ1v) is 21.1. The fourth-order valence-corrected chi connectivity index (χ4v) is 8.66. The number of hydrogen-bond acceptors (Lipinski definition) is 8. The molecule has 2 aliphatic heterocycles. The highest BCUT2D eigenvalue weighted by molar-refractivity contribution is 7.90. The van der Waals surface area contributed by atoms with Gasteiger partial charge in [0.25, 0.3) is 0 Å². The van der Waals surface area contributed by atoms with Crippen molar-refractivity contribution in [2.45, 2.75) is 56.6 Å². The third-order valence-corrected chi connectivity index (χ3v) is 11.9.